The molecular weight excluding hydrogens is 558 g/mol. The number of esters is 1. The monoisotopic (exact) mass is 619 g/mol. The molecule has 5 heteroatoms. The Labute approximate surface area is 273 Å². The molecule has 1 N–H and O–H groups in total. The van der Waals surface area contributed by atoms with Crippen molar-refractivity contribution in [2.75, 3.05) is 13.7 Å². The number of fused-ring (bicyclic) bond motifs is 7. The van der Waals surface area contributed by atoms with E-state index in [1.54, 1.807) is 20.1 Å². The molecule has 5 aliphatic carbocycles. The highest BCUT2D eigenvalue weighted by atomic mass is 16.5. The third-order valence-corrected chi connectivity index (χ3v) is 14.1. The van der Waals surface area contributed by atoms with Crippen LogP contribution in [0.25, 0.3) is 0 Å². The Kier molecular flexibility index (Phi) is 9.89. The number of benzene rings is 1. The molecule has 0 bridgehead atoms. The minimum absolute atomic E-state index is 0.00786. The van der Waals surface area contributed by atoms with Gasteiger partial charge in [-0.1, -0.05) is 52.3 Å². The Morgan fingerprint density at radius 2 is 1.58 bits per heavy atom. The van der Waals surface area contributed by atoms with E-state index in [2.05, 4.69) is 51.7 Å². The molecule has 1 aromatic rings. The molecule has 1 aromatic carbocycles. The molecular formula is C40H61NO4. The lowest BCUT2D eigenvalue weighted by Gasteiger charge is -2.69. The van der Waals surface area contributed by atoms with E-state index in [4.69, 9.17) is 9.47 Å². The van der Waals surface area contributed by atoms with Crippen molar-refractivity contribution in [3.8, 4) is 5.75 Å². The van der Waals surface area contributed by atoms with Crippen LogP contribution in [0, 0.1) is 51.2 Å². The molecule has 0 radical (unpaired) electrons. The quantitative estimate of drug-likeness (QED) is 0.255. The van der Waals surface area contributed by atoms with Gasteiger partial charge in [-0.05, 0) is 136 Å². The maximum absolute atomic E-state index is 14.0. The number of allylic oxidation sites excluding steroid dienone is 1. The molecule has 250 valence electrons. The average Bonchev–Trinajstić information content (AvgIpc) is 3.45. The molecule has 0 spiro atoms. The number of ether oxygens (including phenoxy) is 2. The molecule has 45 heavy (non-hydrogen) atoms. The third kappa shape index (κ3) is 5.88. The molecule has 0 aliphatic heterocycles. The molecule has 0 saturated heterocycles. The van der Waals surface area contributed by atoms with Gasteiger partial charge in [-0.25, -0.2) is 0 Å². The summed E-state index contributed by atoms with van der Waals surface area (Å²) in [5.41, 5.74) is 1.73. The first-order valence-electron chi connectivity index (χ1n) is 18.0. The van der Waals surface area contributed by atoms with Crippen molar-refractivity contribution in [2.24, 2.45) is 51.2 Å². The van der Waals surface area contributed by atoms with E-state index in [1.165, 1.54) is 56.9 Å². The van der Waals surface area contributed by atoms with Crippen LogP contribution in [0.15, 0.2) is 36.9 Å². The predicted octanol–water partition coefficient (Wildman–Crippen LogP) is 8.94. The van der Waals surface area contributed by atoms with E-state index < -0.39 is 0 Å². The molecule has 5 saturated carbocycles. The maximum atomic E-state index is 14.0. The van der Waals surface area contributed by atoms with E-state index >= 15 is 0 Å². The van der Waals surface area contributed by atoms with E-state index in [-0.39, 0.29) is 22.9 Å². The van der Waals surface area contributed by atoms with Crippen molar-refractivity contribution in [3.05, 3.63) is 42.5 Å². The van der Waals surface area contributed by atoms with Gasteiger partial charge in [0.25, 0.3) is 0 Å². The van der Waals surface area contributed by atoms with Crippen molar-refractivity contribution in [2.45, 2.75) is 125 Å². The molecule has 9 unspecified atom stereocenters. The van der Waals surface area contributed by atoms with Gasteiger partial charge in [-0.15, -0.1) is 6.58 Å². The lowest BCUT2D eigenvalue weighted by Crippen LogP contribution is -2.64. The van der Waals surface area contributed by atoms with E-state index in [0.29, 0.717) is 41.0 Å². The summed E-state index contributed by atoms with van der Waals surface area (Å²) in [4.78, 5) is 25.9. The first-order chi connectivity index (χ1) is 21.4. The van der Waals surface area contributed by atoms with Gasteiger partial charge in [-0.2, -0.15) is 0 Å². The largest absolute Gasteiger partial charge is 0.497 e. The standard InChI is InChI=1S/C37H55NO4.C3H6/c1-24(39)42-32-17-21-36(5)30(34(32,2)3)16-20-35(4)28-15-22-37(19-7-8-29(37)27(28)13-14-31(35)36)33(40)38-23-18-25-9-11-26(41-6)12-10-25;1-3-2/h9-12,27-32H,7-8,13-23H2,1-6H3,(H,38,40);3H,1H2,2H3. The van der Waals surface area contributed by atoms with Crippen LogP contribution in [0.2, 0.25) is 0 Å². The average molecular weight is 620 g/mol. The fraction of sp³-hybridized carbons (Fsp3) is 0.750. The molecule has 6 rings (SSSR count). The topological polar surface area (TPSA) is 64.6 Å². The summed E-state index contributed by atoms with van der Waals surface area (Å²) in [6, 6.07) is 8.21. The third-order valence-electron chi connectivity index (χ3n) is 14.1. The number of hydrogen-bond acceptors (Lipinski definition) is 4. The highest BCUT2D eigenvalue weighted by molar-refractivity contribution is 5.83. The van der Waals surface area contributed by atoms with Crippen LogP contribution in [-0.2, 0) is 20.7 Å². The second-order valence-corrected chi connectivity index (χ2v) is 16.4. The second-order valence-electron chi connectivity index (χ2n) is 16.4. The minimum Gasteiger partial charge on any atom is -0.497 e. The van der Waals surface area contributed by atoms with E-state index in [9.17, 15) is 9.59 Å². The maximum Gasteiger partial charge on any atom is 0.302 e. The van der Waals surface area contributed by atoms with E-state index in [0.717, 1.165) is 43.3 Å². The van der Waals surface area contributed by atoms with Crippen LogP contribution >= 0.6 is 0 Å². The van der Waals surface area contributed by atoms with Gasteiger partial charge in [0.1, 0.15) is 11.9 Å². The second kappa shape index (κ2) is 13.1. The number of carbonyl (C=O) groups is 2. The zero-order valence-corrected chi connectivity index (χ0v) is 29.4. The van der Waals surface area contributed by atoms with Crippen molar-refractivity contribution in [1.82, 2.24) is 5.32 Å². The van der Waals surface area contributed by atoms with Crippen LogP contribution < -0.4 is 10.1 Å². The highest BCUT2D eigenvalue weighted by Crippen LogP contribution is 2.73. The summed E-state index contributed by atoms with van der Waals surface area (Å²) in [7, 11) is 1.69. The fourth-order valence-electron chi connectivity index (χ4n) is 12.3. The van der Waals surface area contributed by atoms with E-state index in [1.807, 2.05) is 19.1 Å². The van der Waals surface area contributed by atoms with Gasteiger partial charge in [-0.3, -0.25) is 9.59 Å². The van der Waals surface area contributed by atoms with Crippen LogP contribution in [0.3, 0.4) is 0 Å². The van der Waals surface area contributed by atoms with Gasteiger partial charge in [0.2, 0.25) is 5.91 Å². The smallest absolute Gasteiger partial charge is 0.302 e. The first kappa shape index (κ1) is 34.0. The van der Waals surface area contributed by atoms with Crippen LogP contribution in [0.5, 0.6) is 5.75 Å². The zero-order valence-electron chi connectivity index (χ0n) is 29.4. The molecule has 0 aromatic heterocycles. The summed E-state index contributed by atoms with van der Waals surface area (Å²) < 4.78 is 11.2. The van der Waals surface area contributed by atoms with Crippen LogP contribution in [0.1, 0.15) is 118 Å². The van der Waals surface area contributed by atoms with Gasteiger partial charge in [0.05, 0.1) is 12.5 Å². The minimum atomic E-state index is -0.157. The summed E-state index contributed by atoms with van der Waals surface area (Å²) >= 11 is 0. The summed E-state index contributed by atoms with van der Waals surface area (Å²) in [5.74, 6) is 4.33. The van der Waals surface area contributed by atoms with Gasteiger partial charge in [0.15, 0.2) is 0 Å². The zero-order chi connectivity index (χ0) is 32.6. The lowest BCUT2D eigenvalue weighted by molar-refractivity contribution is -0.220. The highest BCUT2D eigenvalue weighted by Gasteiger charge is 2.67. The summed E-state index contributed by atoms with van der Waals surface area (Å²) in [6.45, 7) is 17.5. The SMILES string of the molecule is C=CC.COc1ccc(CCNC(=O)C23CCCC2C2CCC4C(C)(CCC5C(C)(C)C(OC(C)=O)CCC54C)C2CC3)cc1. The normalized spacial score (nSPS) is 39.4. The molecule has 5 nitrogen and oxygen atoms in total. The van der Waals surface area contributed by atoms with Crippen molar-refractivity contribution >= 4 is 11.9 Å². The first-order valence-corrected chi connectivity index (χ1v) is 18.0. The van der Waals surface area contributed by atoms with Crippen molar-refractivity contribution < 1.29 is 19.1 Å². The van der Waals surface area contributed by atoms with Crippen molar-refractivity contribution in [3.63, 3.8) is 0 Å². The van der Waals surface area contributed by atoms with Crippen LogP contribution in [0.4, 0.5) is 0 Å². The Bertz CT molecular complexity index is 1220. The molecule has 1 amide bonds. The number of nitrogens with one attached hydrogen (secondary N) is 1. The lowest BCUT2D eigenvalue weighted by atomic mass is 9.36. The van der Waals surface area contributed by atoms with Crippen LogP contribution in [-0.4, -0.2) is 31.6 Å². The Balaban J connectivity index is 0.00000128. The van der Waals surface area contributed by atoms with Gasteiger partial charge < -0.3 is 14.8 Å². The molecule has 0 heterocycles. The Hall–Kier alpha value is -2.30. The number of methoxy groups -OCH3 is 1. The van der Waals surface area contributed by atoms with Crippen molar-refractivity contribution in [1.29, 1.82) is 0 Å². The Morgan fingerprint density at radius 3 is 2.24 bits per heavy atom. The number of carbonyl (C=O) groups excluding carboxylic acids is 2. The molecule has 5 fully saturated rings. The number of rotatable bonds is 6. The predicted molar refractivity (Wildman–Crippen MR) is 182 cm³/mol. The fourth-order valence-corrected chi connectivity index (χ4v) is 12.3. The summed E-state index contributed by atoms with van der Waals surface area (Å²) in [6.07, 6.45) is 15.7. The van der Waals surface area contributed by atoms with Gasteiger partial charge in [0, 0.05) is 18.9 Å². The number of amides is 1. The number of hydrogen-bond donors (Lipinski definition) is 1. The molecule has 5 aliphatic rings. The Morgan fingerprint density at radius 1 is 0.889 bits per heavy atom. The summed E-state index contributed by atoms with van der Waals surface area (Å²) in [5, 5.41) is 3.42. The molecule has 9 atom stereocenters. The van der Waals surface area contributed by atoms with Gasteiger partial charge >= 0.3 is 5.97 Å².